The maximum Gasteiger partial charge on any atom is 0.411 e. The fourth-order valence-corrected chi connectivity index (χ4v) is 1.77. The van der Waals surface area contributed by atoms with Crippen molar-refractivity contribution >= 4 is 0 Å². The number of para-hydroxylation sites is 1. The Morgan fingerprint density at radius 3 is 2.60 bits per heavy atom. The first-order valence-corrected chi connectivity index (χ1v) is 6.30. The first kappa shape index (κ1) is 16.7. The van der Waals surface area contributed by atoms with E-state index in [0.29, 0.717) is 18.8 Å². The highest BCUT2D eigenvalue weighted by molar-refractivity contribution is 5.35. The molecule has 0 heterocycles. The van der Waals surface area contributed by atoms with Gasteiger partial charge in [0.1, 0.15) is 12.4 Å². The number of hydrogen-bond acceptors (Lipinski definition) is 4. The zero-order chi connectivity index (χ0) is 15.0. The second-order valence-electron chi connectivity index (χ2n) is 4.15. The Hall–Kier alpha value is -1.31. The number of nitrogens with two attached hydrogens (primary N) is 1. The van der Waals surface area contributed by atoms with Gasteiger partial charge in [-0.05, 0) is 19.4 Å². The number of benzene rings is 1. The smallest absolute Gasteiger partial charge is 0.411 e. The van der Waals surface area contributed by atoms with Gasteiger partial charge in [0.15, 0.2) is 0 Å². The molecule has 0 saturated heterocycles. The third kappa shape index (κ3) is 5.77. The summed E-state index contributed by atoms with van der Waals surface area (Å²) in [6.07, 6.45) is -3.99. The van der Waals surface area contributed by atoms with Crippen molar-refractivity contribution in [2.45, 2.75) is 25.6 Å². The molecule has 1 rings (SSSR count). The summed E-state index contributed by atoms with van der Waals surface area (Å²) < 4.78 is 45.9. The second kappa shape index (κ2) is 8.08. The van der Waals surface area contributed by atoms with E-state index < -0.39 is 12.8 Å². The lowest BCUT2D eigenvalue weighted by Crippen LogP contribution is -2.30. The normalized spacial score (nSPS) is 13.2. The van der Waals surface area contributed by atoms with E-state index in [2.05, 4.69) is 10.2 Å². The number of rotatable bonds is 8. The van der Waals surface area contributed by atoms with Crippen molar-refractivity contribution in [1.29, 1.82) is 0 Å². The van der Waals surface area contributed by atoms with E-state index >= 15 is 0 Å². The summed E-state index contributed by atoms with van der Waals surface area (Å²) in [6, 6.07) is 6.92. The molecule has 0 radical (unpaired) electrons. The highest BCUT2D eigenvalue weighted by atomic mass is 19.4. The lowest BCUT2D eigenvalue weighted by Gasteiger charge is -2.19. The Morgan fingerprint density at radius 1 is 1.30 bits per heavy atom. The van der Waals surface area contributed by atoms with Gasteiger partial charge in [-0.25, -0.2) is 0 Å². The first-order valence-electron chi connectivity index (χ1n) is 6.30. The predicted molar refractivity (Wildman–Crippen MR) is 69.2 cm³/mol. The molecular weight excluding hydrogens is 273 g/mol. The van der Waals surface area contributed by atoms with Gasteiger partial charge in [0.05, 0.1) is 12.6 Å². The molecule has 3 N–H and O–H groups in total. The summed E-state index contributed by atoms with van der Waals surface area (Å²) in [7, 11) is 0. The van der Waals surface area contributed by atoms with Crippen LogP contribution < -0.4 is 16.0 Å². The van der Waals surface area contributed by atoms with Crippen molar-refractivity contribution in [3.63, 3.8) is 0 Å². The number of alkyl halides is 3. The number of nitrogens with one attached hydrogen (secondary N) is 1. The van der Waals surface area contributed by atoms with Gasteiger partial charge >= 0.3 is 6.18 Å². The fourth-order valence-electron chi connectivity index (χ4n) is 1.77. The van der Waals surface area contributed by atoms with E-state index in [4.69, 9.17) is 10.6 Å². The SMILES string of the molecule is CCOc1ccccc1C(CCOCC(F)(F)F)NN. The molecule has 0 saturated carbocycles. The maximum absolute atomic E-state index is 12.0. The van der Waals surface area contributed by atoms with Gasteiger partial charge in [-0.15, -0.1) is 0 Å². The predicted octanol–water partition coefficient (Wildman–Crippen LogP) is 2.56. The minimum atomic E-state index is -4.31. The Balaban J connectivity index is 2.58. The van der Waals surface area contributed by atoms with Crippen LogP contribution in [0.25, 0.3) is 0 Å². The Morgan fingerprint density at radius 2 is 2.00 bits per heavy atom. The van der Waals surface area contributed by atoms with Gasteiger partial charge in [0.2, 0.25) is 0 Å². The van der Waals surface area contributed by atoms with Crippen molar-refractivity contribution in [3.8, 4) is 5.75 Å². The second-order valence-corrected chi connectivity index (χ2v) is 4.15. The van der Waals surface area contributed by atoms with Crippen molar-refractivity contribution in [2.75, 3.05) is 19.8 Å². The van der Waals surface area contributed by atoms with Crippen LogP contribution in [0.2, 0.25) is 0 Å². The molecule has 7 heteroatoms. The number of hydrogen-bond donors (Lipinski definition) is 2. The highest BCUT2D eigenvalue weighted by Crippen LogP contribution is 2.27. The van der Waals surface area contributed by atoms with Crippen LogP contribution in [0.15, 0.2) is 24.3 Å². The van der Waals surface area contributed by atoms with Crippen LogP contribution in [0, 0.1) is 0 Å². The first-order chi connectivity index (χ1) is 9.48. The van der Waals surface area contributed by atoms with E-state index in [9.17, 15) is 13.2 Å². The average molecular weight is 292 g/mol. The van der Waals surface area contributed by atoms with Crippen LogP contribution in [0.1, 0.15) is 24.9 Å². The Kier molecular flexibility index (Phi) is 6.77. The maximum atomic E-state index is 12.0. The molecule has 20 heavy (non-hydrogen) atoms. The van der Waals surface area contributed by atoms with Gasteiger partial charge < -0.3 is 9.47 Å². The van der Waals surface area contributed by atoms with Crippen LogP contribution in [0.5, 0.6) is 5.75 Å². The molecule has 0 aliphatic rings. The molecule has 0 spiro atoms. The standard InChI is InChI=1S/C13H19F3N2O2/c1-2-20-12-6-4-3-5-10(12)11(18-17)7-8-19-9-13(14,15)16/h3-6,11,18H,2,7-9,17H2,1H3. The summed E-state index contributed by atoms with van der Waals surface area (Å²) in [6.45, 7) is 1.05. The number of halogens is 3. The van der Waals surface area contributed by atoms with Gasteiger partial charge in [-0.3, -0.25) is 11.3 Å². The van der Waals surface area contributed by atoms with Gasteiger partial charge in [0, 0.05) is 12.2 Å². The van der Waals surface area contributed by atoms with Crippen molar-refractivity contribution in [1.82, 2.24) is 5.43 Å². The van der Waals surface area contributed by atoms with Crippen LogP contribution in [-0.2, 0) is 4.74 Å². The topological polar surface area (TPSA) is 56.5 Å². The molecule has 1 unspecified atom stereocenters. The van der Waals surface area contributed by atoms with E-state index in [1.165, 1.54) is 0 Å². The van der Waals surface area contributed by atoms with Gasteiger partial charge in [-0.1, -0.05) is 18.2 Å². The molecule has 1 aromatic rings. The van der Waals surface area contributed by atoms with E-state index in [1.807, 2.05) is 25.1 Å². The van der Waals surface area contributed by atoms with Gasteiger partial charge in [-0.2, -0.15) is 13.2 Å². The molecule has 0 bridgehead atoms. The summed E-state index contributed by atoms with van der Waals surface area (Å²) in [4.78, 5) is 0. The van der Waals surface area contributed by atoms with Crippen molar-refractivity contribution in [3.05, 3.63) is 29.8 Å². The Labute approximate surface area is 116 Å². The molecule has 1 aromatic carbocycles. The minimum Gasteiger partial charge on any atom is -0.494 e. The zero-order valence-electron chi connectivity index (χ0n) is 11.2. The molecule has 0 fully saturated rings. The zero-order valence-corrected chi connectivity index (χ0v) is 11.2. The van der Waals surface area contributed by atoms with Crippen molar-refractivity contribution < 1.29 is 22.6 Å². The molecule has 0 aliphatic carbocycles. The molecule has 0 aliphatic heterocycles. The van der Waals surface area contributed by atoms with E-state index in [0.717, 1.165) is 5.56 Å². The van der Waals surface area contributed by atoms with E-state index in [1.54, 1.807) is 6.07 Å². The quantitative estimate of drug-likeness (QED) is 0.439. The van der Waals surface area contributed by atoms with Crippen LogP contribution >= 0.6 is 0 Å². The molecule has 0 amide bonds. The van der Waals surface area contributed by atoms with Crippen molar-refractivity contribution in [2.24, 2.45) is 5.84 Å². The molecule has 1 atom stereocenters. The third-order valence-electron chi connectivity index (χ3n) is 2.61. The lowest BCUT2D eigenvalue weighted by atomic mass is 10.0. The molecule has 114 valence electrons. The summed E-state index contributed by atoms with van der Waals surface area (Å²) in [5, 5.41) is 0. The number of ether oxygens (including phenoxy) is 2. The summed E-state index contributed by atoms with van der Waals surface area (Å²) in [5.74, 6) is 6.12. The molecule has 4 nitrogen and oxygen atoms in total. The number of hydrazine groups is 1. The molecular formula is C13H19F3N2O2. The monoisotopic (exact) mass is 292 g/mol. The summed E-state index contributed by atoms with van der Waals surface area (Å²) >= 11 is 0. The fraction of sp³-hybridized carbons (Fsp3) is 0.538. The third-order valence-corrected chi connectivity index (χ3v) is 2.61. The Bertz CT molecular complexity index is 399. The largest absolute Gasteiger partial charge is 0.494 e. The lowest BCUT2D eigenvalue weighted by molar-refractivity contribution is -0.174. The van der Waals surface area contributed by atoms with Crippen LogP contribution in [-0.4, -0.2) is 26.0 Å². The molecule has 0 aromatic heterocycles. The minimum absolute atomic E-state index is 0.0468. The highest BCUT2D eigenvalue weighted by Gasteiger charge is 2.27. The van der Waals surface area contributed by atoms with Crippen LogP contribution in [0.4, 0.5) is 13.2 Å². The van der Waals surface area contributed by atoms with E-state index in [-0.39, 0.29) is 12.6 Å². The van der Waals surface area contributed by atoms with Gasteiger partial charge in [0.25, 0.3) is 0 Å². The van der Waals surface area contributed by atoms with Crippen LogP contribution in [0.3, 0.4) is 0 Å². The summed E-state index contributed by atoms with van der Waals surface area (Å²) in [5.41, 5.74) is 3.37. The average Bonchev–Trinajstić information content (AvgIpc) is 2.39.